The van der Waals surface area contributed by atoms with Crippen molar-refractivity contribution in [2.75, 3.05) is 0 Å². The Hall–Kier alpha value is -1.11. The Bertz CT molecular complexity index is 220. The minimum absolute atomic E-state index is 0.254. The van der Waals surface area contributed by atoms with Gasteiger partial charge in [0.15, 0.2) is 0 Å². The van der Waals surface area contributed by atoms with E-state index in [0.717, 1.165) is 0 Å². The fraction of sp³-hybridized carbons (Fsp3) is 0.889. The molecule has 0 aliphatic rings. The van der Waals surface area contributed by atoms with Crippen LogP contribution in [0, 0.1) is 27.4 Å². The third kappa shape index (κ3) is 3.88. The van der Waals surface area contributed by atoms with Crippen LogP contribution in [-0.4, -0.2) is 10.5 Å². The highest BCUT2D eigenvalue weighted by Crippen LogP contribution is 2.24. The molecule has 0 aromatic rings. The number of nitrogens with zero attached hydrogens (tertiary/aromatic N) is 2. The number of rotatable bonds is 5. The molecule has 1 atom stereocenters. The Balaban J connectivity index is 4.36. The summed E-state index contributed by atoms with van der Waals surface area (Å²) in [4.78, 5) is 10.5. The molecule has 0 fully saturated rings. The van der Waals surface area contributed by atoms with Gasteiger partial charge in [-0.25, -0.2) is 0 Å². The van der Waals surface area contributed by atoms with Gasteiger partial charge in [0.2, 0.25) is 5.54 Å². The summed E-state index contributed by atoms with van der Waals surface area (Å²) in [6.45, 7) is 5.52. The van der Waals surface area contributed by atoms with Crippen molar-refractivity contribution in [3.05, 3.63) is 10.1 Å². The summed E-state index contributed by atoms with van der Waals surface area (Å²) in [5, 5.41) is 19.1. The lowest BCUT2D eigenvalue weighted by Crippen LogP contribution is -2.36. The summed E-state index contributed by atoms with van der Waals surface area (Å²) >= 11 is 0. The largest absolute Gasteiger partial charge is 0.264 e. The molecule has 0 rings (SSSR count). The zero-order valence-corrected chi connectivity index (χ0v) is 8.41. The Morgan fingerprint density at radius 1 is 1.62 bits per heavy atom. The Morgan fingerprint density at radius 2 is 2.15 bits per heavy atom. The zero-order chi connectivity index (χ0) is 10.5. The molecule has 0 aromatic heterocycles. The van der Waals surface area contributed by atoms with Gasteiger partial charge in [-0.3, -0.25) is 10.1 Å². The highest BCUT2D eigenvalue weighted by atomic mass is 16.6. The predicted molar refractivity (Wildman–Crippen MR) is 49.7 cm³/mol. The highest BCUT2D eigenvalue weighted by molar-refractivity contribution is 4.81. The number of nitriles is 1. The molecule has 1 unspecified atom stereocenters. The molecule has 13 heavy (non-hydrogen) atoms. The molecular weight excluding hydrogens is 168 g/mol. The van der Waals surface area contributed by atoms with Gasteiger partial charge in [-0.1, -0.05) is 13.8 Å². The van der Waals surface area contributed by atoms with Crippen molar-refractivity contribution in [1.82, 2.24) is 0 Å². The van der Waals surface area contributed by atoms with Crippen molar-refractivity contribution in [3.8, 4) is 6.07 Å². The smallest absolute Gasteiger partial charge is 0.220 e. The van der Waals surface area contributed by atoms with Crippen LogP contribution in [0.2, 0.25) is 0 Å². The van der Waals surface area contributed by atoms with Gasteiger partial charge in [-0.05, 0) is 5.92 Å². The van der Waals surface area contributed by atoms with Crippen LogP contribution >= 0.6 is 0 Å². The van der Waals surface area contributed by atoms with Gasteiger partial charge < -0.3 is 0 Å². The Kier molecular flexibility index (Phi) is 4.39. The zero-order valence-electron chi connectivity index (χ0n) is 8.41. The van der Waals surface area contributed by atoms with Crippen LogP contribution in [0.5, 0.6) is 0 Å². The second-order valence-corrected chi connectivity index (χ2v) is 4.01. The van der Waals surface area contributed by atoms with Crippen LogP contribution in [0.4, 0.5) is 0 Å². The van der Waals surface area contributed by atoms with Crippen LogP contribution in [-0.2, 0) is 0 Å². The summed E-state index contributed by atoms with van der Waals surface area (Å²) in [5.41, 5.74) is -0.927. The maximum atomic E-state index is 10.8. The normalized spacial score (nSPS) is 15.0. The maximum absolute atomic E-state index is 10.8. The summed E-state index contributed by atoms with van der Waals surface area (Å²) in [7, 11) is 0. The van der Waals surface area contributed by atoms with Crippen LogP contribution in [0.15, 0.2) is 0 Å². The molecule has 0 amide bonds. The molecule has 74 valence electrons. The topological polar surface area (TPSA) is 66.9 Å². The number of hydrogen-bond acceptors (Lipinski definition) is 3. The van der Waals surface area contributed by atoms with Crippen molar-refractivity contribution in [2.24, 2.45) is 5.92 Å². The van der Waals surface area contributed by atoms with Crippen LogP contribution < -0.4 is 0 Å². The first kappa shape index (κ1) is 11.9. The van der Waals surface area contributed by atoms with Crippen molar-refractivity contribution in [3.63, 3.8) is 0 Å². The average molecular weight is 184 g/mol. The van der Waals surface area contributed by atoms with Crippen LogP contribution in [0.3, 0.4) is 0 Å². The van der Waals surface area contributed by atoms with E-state index in [0.29, 0.717) is 12.8 Å². The van der Waals surface area contributed by atoms with Gasteiger partial charge in [0.1, 0.15) is 0 Å². The van der Waals surface area contributed by atoms with Gasteiger partial charge >= 0.3 is 0 Å². The fourth-order valence-corrected chi connectivity index (χ4v) is 1.47. The minimum atomic E-state index is -0.927. The maximum Gasteiger partial charge on any atom is 0.220 e. The molecule has 0 saturated carbocycles. The fourth-order valence-electron chi connectivity index (χ4n) is 1.47. The van der Waals surface area contributed by atoms with Crippen LogP contribution in [0.25, 0.3) is 0 Å². The van der Waals surface area contributed by atoms with Gasteiger partial charge in [0.05, 0.1) is 6.07 Å². The SMILES string of the molecule is CC(C)CC(C)(CCC#N)[N+](=O)[O-]. The summed E-state index contributed by atoms with van der Waals surface area (Å²) < 4.78 is 0. The minimum Gasteiger partial charge on any atom is -0.264 e. The molecule has 0 bridgehead atoms. The second-order valence-electron chi connectivity index (χ2n) is 4.01. The average Bonchev–Trinajstić information content (AvgIpc) is 1.99. The predicted octanol–water partition coefficient (Wildman–Crippen LogP) is 2.37. The van der Waals surface area contributed by atoms with E-state index in [9.17, 15) is 10.1 Å². The third-order valence-electron chi connectivity index (χ3n) is 2.06. The molecule has 0 N–H and O–H groups in total. The van der Waals surface area contributed by atoms with Gasteiger partial charge in [-0.15, -0.1) is 0 Å². The molecule has 0 radical (unpaired) electrons. The van der Waals surface area contributed by atoms with Gasteiger partial charge in [0, 0.05) is 31.1 Å². The molecule has 4 heteroatoms. The van der Waals surface area contributed by atoms with E-state index in [2.05, 4.69) is 0 Å². The first-order valence-electron chi connectivity index (χ1n) is 4.44. The first-order valence-corrected chi connectivity index (χ1v) is 4.44. The number of nitro groups is 1. The molecule has 0 aliphatic carbocycles. The lowest BCUT2D eigenvalue weighted by atomic mass is 9.87. The van der Waals surface area contributed by atoms with E-state index >= 15 is 0 Å². The third-order valence-corrected chi connectivity index (χ3v) is 2.06. The molecule has 0 aromatic carbocycles. The molecular formula is C9H16N2O2. The van der Waals surface area contributed by atoms with Crippen molar-refractivity contribution >= 4 is 0 Å². The standard InChI is InChI=1S/C9H16N2O2/c1-8(2)7-9(3,11(12)13)5-4-6-10/h8H,4-5,7H2,1-3H3. The van der Waals surface area contributed by atoms with Gasteiger partial charge in [0.25, 0.3) is 0 Å². The van der Waals surface area contributed by atoms with Crippen molar-refractivity contribution < 1.29 is 4.92 Å². The lowest BCUT2D eigenvalue weighted by Gasteiger charge is -2.21. The summed E-state index contributed by atoms with van der Waals surface area (Å²) in [6, 6.07) is 1.95. The molecule has 0 aliphatic heterocycles. The van der Waals surface area contributed by atoms with E-state index in [-0.39, 0.29) is 17.3 Å². The van der Waals surface area contributed by atoms with E-state index in [1.807, 2.05) is 19.9 Å². The Morgan fingerprint density at radius 3 is 2.46 bits per heavy atom. The number of hydrogen-bond donors (Lipinski definition) is 0. The lowest BCUT2D eigenvalue weighted by molar-refractivity contribution is -0.568. The highest BCUT2D eigenvalue weighted by Gasteiger charge is 2.36. The van der Waals surface area contributed by atoms with Gasteiger partial charge in [-0.2, -0.15) is 5.26 Å². The van der Waals surface area contributed by atoms with Crippen LogP contribution in [0.1, 0.15) is 40.0 Å². The van der Waals surface area contributed by atoms with E-state index < -0.39 is 5.54 Å². The van der Waals surface area contributed by atoms with E-state index in [4.69, 9.17) is 5.26 Å². The van der Waals surface area contributed by atoms with E-state index in [1.165, 1.54) is 0 Å². The quantitative estimate of drug-likeness (QED) is 0.486. The monoisotopic (exact) mass is 184 g/mol. The summed E-state index contributed by atoms with van der Waals surface area (Å²) in [5.74, 6) is 0.286. The molecule has 0 saturated heterocycles. The second kappa shape index (κ2) is 4.80. The molecule has 0 heterocycles. The van der Waals surface area contributed by atoms with E-state index in [1.54, 1.807) is 6.92 Å². The van der Waals surface area contributed by atoms with Crippen molar-refractivity contribution in [1.29, 1.82) is 5.26 Å². The van der Waals surface area contributed by atoms with Crippen molar-refractivity contribution in [2.45, 2.75) is 45.6 Å². The Labute approximate surface area is 78.7 Å². The molecule has 4 nitrogen and oxygen atoms in total. The first-order chi connectivity index (χ1) is 5.92. The molecule has 0 spiro atoms. The summed E-state index contributed by atoms with van der Waals surface area (Å²) in [6.07, 6.45) is 1.13.